The zero-order chi connectivity index (χ0) is 4.50. The minimum absolute atomic E-state index is 0. The summed E-state index contributed by atoms with van der Waals surface area (Å²) in [5.74, 6) is 0. The van der Waals surface area contributed by atoms with Gasteiger partial charge in [0.15, 0.2) is 17.4 Å². The molecule has 43 valence electrons. The van der Waals surface area contributed by atoms with E-state index in [4.69, 9.17) is 19.2 Å². The molecule has 0 saturated heterocycles. The Balaban J connectivity index is -0.0000000133. The van der Waals surface area contributed by atoms with Crippen LogP contribution in [-0.2, 0) is 37.3 Å². The summed E-state index contributed by atoms with van der Waals surface area (Å²) in [6, 6.07) is 0. The zero-order valence-corrected chi connectivity index (χ0v) is 7.51. The predicted octanol–water partition coefficient (Wildman–Crippen LogP) is -5.00. The molecule has 0 saturated carbocycles. The average Bonchev–Trinajstić information content (AvgIpc) is 0.722. The first-order valence-corrected chi connectivity index (χ1v) is 2.35. The first kappa shape index (κ1) is 22.4. The fraction of sp³-hybridized carbons (Fsp3) is 0. The van der Waals surface area contributed by atoms with Gasteiger partial charge in [0.25, 0.3) is 0 Å². The summed E-state index contributed by atoms with van der Waals surface area (Å²) in [6.07, 6.45) is 0. The fourth-order valence-electron chi connectivity index (χ4n) is 0. The molecule has 0 aromatic heterocycles. The van der Waals surface area contributed by atoms with Crippen LogP contribution in [0, 0.1) is 0 Å². The maximum Gasteiger partial charge on any atom is 1.00 e. The normalized spacial score (nSPS) is 7.38. The Morgan fingerprint density at radius 3 is 1.25 bits per heavy atom. The summed E-state index contributed by atoms with van der Waals surface area (Å²) in [5, 5.41) is 0. The van der Waals surface area contributed by atoms with Crippen molar-refractivity contribution in [2.45, 2.75) is 0 Å². The first-order chi connectivity index (χ1) is 2.00. The van der Waals surface area contributed by atoms with E-state index in [1.165, 1.54) is 0 Å². The molecule has 0 unspecified atom stereocenters. The van der Waals surface area contributed by atoms with Crippen LogP contribution < -0.4 is 18.9 Å². The smallest absolute Gasteiger partial charge is 1.00 e. The van der Waals surface area contributed by atoms with Crippen LogP contribution in [0.3, 0.4) is 0 Å². The predicted molar refractivity (Wildman–Crippen MR) is 25.3 cm³/mol. The van der Waals surface area contributed by atoms with Crippen molar-refractivity contribution in [2.75, 3.05) is 0 Å². The van der Waals surface area contributed by atoms with Crippen LogP contribution in [0.4, 0.5) is 0 Å². The fourth-order valence-corrected chi connectivity index (χ4v) is 0. The van der Waals surface area contributed by atoms with E-state index in [-0.39, 0.29) is 70.4 Å². The van der Waals surface area contributed by atoms with Gasteiger partial charge in [-0.25, -0.2) is 4.57 Å². The van der Waals surface area contributed by atoms with Gasteiger partial charge in [0.05, 0.1) is 0 Å². The molecule has 0 aliphatic rings. The van der Waals surface area contributed by atoms with Gasteiger partial charge in [0, 0.05) is 32.7 Å². The van der Waals surface area contributed by atoms with Crippen LogP contribution in [-0.4, -0.2) is 32.0 Å². The van der Waals surface area contributed by atoms with Gasteiger partial charge in [0.1, 0.15) is 0 Å². The van der Waals surface area contributed by atoms with Crippen LogP contribution in [0.1, 0.15) is 1.43 Å². The molecule has 4 nitrogen and oxygen atoms in total. The monoisotopic (exact) mass is 225 g/mol. The molecule has 0 rings (SSSR count). The molecule has 0 atom stereocenters. The van der Waals surface area contributed by atoms with Crippen molar-refractivity contribution < 1.29 is 72.2 Å². The van der Waals surface area contributed by atoms with E-state index in [0.717, 1.165) is 0 Å². The van der Waals surface area contributed by atoms with Crippen molar-refractivity contribution in [2.24, 2.45) is 0 Å². The first-order valence-electron chi connectivity index (χ1n) is 0.783. The third-order valence-corrected chi connectivity index (χ3v) is 0. The van der Waals surface area contributed by atoms with E-state index in [1.807, 2.05) is 0 Å². The zero-order valence-electron chi connectivity index (χ0n) is 4.77. The molecule has 1 radical (unpaired) electrons. The number of hydrogen-bond acceptors (Lipinski definition) is 1. The summed E-state index contributed by atoms with van der Waals surface area (Å²) in [7, 11) is -4.64. The molecular formula is H7AlLiO4PY. The molecule has 3 N–H and O–H groups in total. The van der Waals surface area contributed by atoms with Gasteiger partial charge >= 0.3 is 26.7 Å². The van der Waals surface area contributed by atoms with Gasteiger partial charge in [-0.2, -0.15) is 0 Å². The summed E-state index contributed by atoms with van der Waals surface area (Å²) in [4.78, 5) is 21.6. The van der Waals surface area contributed by atoms with Crippen molar-refractivity contribution in [3.63, 3.8) is 0 Å². The van der Waals surface area contributed by atoms with Crippen molar-refractivity contribution in [3.8, 4) is 0 Å². The molecule has 0 aliphatic heterocycles. The van der Waals surface area contributed by atoms with E-state index in [1.54, 1.807) is 0 Å². The van der Waals surface area contributed by atoms with Crippen LogP contribution in [0.25, 0.3) is 0 Å². The maximum absolute atomic E-state index is 8.88. The van der Waals surface area contributed by atoms with Gasteiger partial charge < -0.3 is 16.1 Å². The number of phosphoric acid groups is 1. The minimum Gasteiger partial charge on any atom is -1.00 e. The van der Waals surface area contributed by atoms with Crippen molar-refractivity contribution in [1.82, 2.24) is 0 Å². The second-order valence-corrected chi connectivity index (χ2v) is 1.54. The van der Waals surface area contributed by atoms with Crippen molar-refractivity contribution >= 4 is 25.2 Å². The maximum atomic E-state index is 8.88. The van der Waals surface area contributed by atoms with E-state index >= 15 is 0 Å². The van der Waals surface area contributed by atoms with Gasteiger partial charge in [-0.3, -0.25) is 0 Å². The SMILES string of the molecule is O=P(O)(O)O.[AlH3].[H-].[Li+].[Y]. The Labute approximate surface area is 96.3 Å². The molecule has 0 aromatic carbocycles. The standard InChI is InChI=1S/Al.Li.H3O4P.Y.4H/c;;1-5(2,3)4;;;;;/h;;(H3,1,2,3,4);;;;;/q;+1;;;;;;-1. The Morgan fingerprint density at radius 1 is 1.25 bits per heavy atom. The van der Waals surface area contributed by atoms with Crippen LogP contribution >= 0.6 is 7.82 Å². The van der Waals surface area contributed by atoms with E-state index in [0.29, 0.717) is 0 Å². The summed E-state index contributed by atoms with van der Waals surface area (Å²) in [6.45, 7) is 0. The number of hydrogen-bond donors (Lipinski definition) is 3. The van der Waals surface area contributed by atoms with E-state index < -0.39 is 7.82 Å². The Hall–Kier alpha value is 2.34. The van der Waals surface area contributed by atoms with Crippen LogP contribution in [0.15, 0.2) is 0 Å². The molecule has 0 bridgehead atoms. The van der Waals surface area contributed by atoms with E-state index in [9.17, 15) is 0 Å². The van der Waals surface area contributed by atoms with Gasteiger partial charge in [0.2, 0.25) is 0 Å². The molecule has 0 aliphatic carbocycles. The molecule has 8 heteroatoms. The van der Waals surface area contributed by atoms with Crippen LogP contribution in [0.2, 0.25) is 0 Å². The summed E-state index contributed by atoms with van der Waals surface area (Å²) in [5.41, 5.74) is 0. The second kappa shape index (κ2) is 9.34. The van der Waals surface area contributed by atoms with E-state index in [2.05, 4.69) is 0 Å². The molecular weight excluding hydrogens is 218 g/mol. The Kier molecular flexibility index (Phi) is 26.2. The minimum atomic E-state index is -4.64. The summed E-state index contributed by atoms with van der Waals surface area (Å²) >= 11 is 0. The molecule has 0 aromatic rings. The van der Waals surface area contributed by atoms with Crippen LogP contribution in [0.5, 0.6) is 0 Å². The van der Waals surface area contributed by atoms with Gasteiger partial charge in [-0.1, -0.05) is 0 Å². The Bertz CT molecular complexity index is 66.7. The molecule has 0 fully saturated rings. The molecule has 8 heavy (non-hydrogen) atoms. The topological polar surface area (TPSA) is 77.8 Å². The average molecular weight is 225 g/mol. The third kappa shape index (κ3) is 81.9. The quantitative estimate of drug-likeness (QED) is 0.285. The second-order valence-electron chi connectivity index (χ2n) is 0.513. The largest absolute Gasteiger partial charge is 1.00 e. The van der Waals surface area contributed by atoms with Crippen molar-refractivity contribution in [1.29, 1.82) is 0 Å². The van der Waals surface area contributed by atoms with Gasteiger partial charge in [-0.05, 0) is 0 Å². The third-order valence-electron chi connectivity index (χ3n) is 0. The van der Waals surface area contributed by atoms with Gasteiger partial charge in [-0.15, -0.1) is 0 Å². The molecule has 0 spiro atoms. The molecule has 0 heterocycles. The molecule has 0 amide bonds. The number of rotatable bonds is 0. The Morgan fingerprint density at radius 2 is 1.25 bits per heavy atom. The van der Waals surface area contributed by atoms with Crippen molar-refractivity contribution in [3.05, 3.63) is 0 Å². The summed E-state index contributed by atoms with van der Waals surface area (Å²) < 4.78 is 8.88.